The molecule has 1 aromatic carbocycles. The van der Waals surface area contributed by atoms with E-state index in [9.17, 15) is 0 Å². The number of hydrogen-bond donors (Lipinski definition) is 1. The molecule has 2 fully saturated rings. The van der Waals surface area contributed by atoms with Crippen LogP contribution in [0.5, 0.6) is 0 Å². The SMILES string of the molecule is CCNC(CN1CC2CCC1C2)c1ccc(C)cc1C. The van der Waals surface area contributed by atoms with Crippen LogP contribution >= 0.6 is 0 Å². The summed E-state index contributed by atoms with van der Waals surface area (Å²) >= 11 is 0. The first kappa shape index (κ1) is 14.1. The summed E-state index contributed by atoms with van der Waals surface area (Å²) in [6.07, 6.45) is 4.35. The number of rotatable bonds is 5. The van der Waals surface area contributed by atoms with Gasteiger partial charge in [-0.15, -0.1) is 0 Å². The fourth-order valence-electron chi connectivity index (χ4n) is 4.22. The highest BCUT2D eigenvalue weighted by atomic mass is 15.2. The predicted octanol–water partition coefficient (Wildman–Crippen LogP) is 3.44. The normalized spacial score (nSPS) is 27.1. The minimum atomic E-state index is 0.486. The Labute approximate surface area is 123 Å². The molecule has 1 heterocycles. The Morgan fingerprint density at radius 1 is 1.30 bits per heavy atom. The molecule has 3 unspecified atom stereocenters. The summed E-state index contributed by atoms with van der Waals surface area (Å²) in [4.78, 5) is 2.74. The van der Waals surface area contributed by atoms with Crippen LogP contribution in [-0.2, 0) is 0 Å². The van der Waals surface area contributed by atoms with E-state index in [2.05, 4.69) is 49.2 Å². The standard InChI is InChI=1S/C18H28N2/c1-4-19-18(17-8-5-13(2)9-14(17)3)12-20-11-15-6-7-16(20)10-15/h5,8-9,15-16,18-19H,4,6-7,10-12H2,1-3H3. The quantitative estimate of drug-likeness (QED) is 0.883. The first-order valence-electron chi connectivity index (χ1n) is 8.22. The van der Waals surface area contributed by atoms with Crippen molar-refractivity contribution in [1.29, 1.82) is 0 Å². The Bertz CT molecular complexity index is 468. The van der Waals surface area contributed by atoms with Crippen molar-refractivity contribution in [2.75, 3.05) is 19.6 Å². The van der Waals surface area contributed by atoms with Crippen molar-refractivity contribution < 1.29 is 0 Å². The Morgan fingerprint density at radius 2 is 2.15 bits per heavy atom. The Kier molecular flexibility index (Phi) is 4.13. The minimum Gasteiger partial charge on any atom is -0.309 e. The van der Waals surface area contributed by atoms with E-state index in [1.165, 1.54) is 49.0 Å². The third kappa shape index (κ3) is 2.77. The van der Waals surface area contributed by atoms with Crippen LogP contribution in [-0.4, -0.2) is 30.6 Å². The molecule has 1 saturated heterocycles. The van der Waals surface area contributed by atoms with Crippen molar-refractivity contribution >= 4 is 0 Å². The summed E-state index contributed by atoms with van der Waals surface area (Å²) in [5, 5.41) is 3.70. The molecule has 3 atom stereocenters. The Balaban J connectivity index is 1.75. The van der Waals surface area contributed by atoms with E-state index in [0.717, 1.165) is 18.5 Å². The van der Waals surface area contributed by atoms with Gasteiger partial charge in [-0.2, -0.15) is 0 Å². The molecule has 20 heavy (non-hydrogen) atoms. The summed E-state index contributed by atoms with van der Waals surface area (Å²) in [6, 6.07) is 8.25. The van der Waals surface area contributed by atoms with Crippen molar-refractivity contribution in [1.82, 2.24) is 10.2 Å². The topological polar surface area (TPSA) is 15.3 Å². The number of hydrogen-bond acceptors (Lipinski definition) is 2. The van der Waals surface area contributed by atoms with Crippen molar-refractivity contribution in [3.8, 4) is 0 Å². The van der Waals surface area contributed by atoms with E-state index >= 15 is 0 Å². The number of likely N-dealkylation sites (N-methyl/N-ethyl adjacent to an activating group) is 1. The lowest BCUT2D eigenvalue weighted by atomic mass is 9.98. The van der Waals surface area contributed by atoms with Crippen LogP contribution in [0, 0.1) is 19.8 Å². The van der Waals surface area contributed by atoms with Gasteiger partial charge in [-0.05, 0) is 56.7 Å². The zero-order valence-electron chi connectivity index (χ0n) is 13.2. The number of benzene rings is 1. The van der Waals surface area contributed by atoms with Gasteiger partial charge in [0.25, 0.3) is 0 Å². The molecule has 2 heteroatoms. The second kappa shape index (κ2) is 5.87. The molecule has 2 aliphatic rings. The van der Waals surface area contributed by atoms with Crippen molar-refractivity contribution in [2.45, 2.75) is 52.1 Å². The van der Waals surface area contributed by atoms with E-state index in [1.54, 1.807) is 0 Å². The van der Waals surface area contributed by atoms with E-state index in [0.29, 0.717) is 6.04 Å². The molecule has 1 N–H and O–H groups in total. The average molecular weight is 272 g/mol. The number of piperidine rings is 1. The fourth-order valence-corrected chi connectivity index (χ4v) is 4.22. The second-order valence-electron chi connectivity index (χ2n) is 6.76. The average Bonchev–Trinajstić information content (AvgIpc) is 3.00. The van der Waals surface area contributed by atoms with Gasteiger partial charge in [-0.3, -0.25) is 4.90 Å². The number of nitrogens with zero attached hydrogens (tertiary/aromatic N) is 1. The third-order valence-electron chi connectivity index (χ3n) is 5.19. The first-order chi connectivity index (χ1) is 9.67. The van der Waals surface area contributed by atoms with Gasteiger partial charge in [0.05, 0.1) is 0 Å². The van der Waals surface area contributed by atoms with Gasteiger partial charge in [0, 0.05) is 25.2 Å². The fraction of sp³-hybridized carbons (Fsp3) is 0.667. The first-order valence-corrected chi connectivity index (χ1v) is 8.22. The molecular weight excluding hydrogens is 244 g/mol. The van der Waals surface area contributed by atoms with Gasteiger partial charge in [0.2, 0.25) is 0 Å². The van der Waals surface area contributed by atoms with Gasteiger partial charge in [-0.1, -0.05) is 30.7 Å². The van der Waals surface area contributed by atoms with Crippen molar-refractivity contribution in [3.05, 3.63) is 34.9 Å². The molecule has 2 bridgehead atoms. The highest BCUT2D eigenvalue weighted by Crippen LogP contribution is 2.38. The van der Waals surface area contributed by atoms with E-state index in [4.69, 9.17) is 0 Å². The maximum absolute atomic E-state index is 3.70. The number of fused-ring (bicyclic) bond motifs is 2. The molecule has 0 aromatic heterocycles. The zero-order chi connectivity index (χ0) is 14.1. The summed E-state index contributed by atoms with van der Waals surface area (Å²) < 4.78 is 0. The zero-order valence-corrected chi connectivity index (χ0v) is 13.2. The van der Waals surface area contributed by atoms with Gasteiger partial charge < -0.3 is 5.32 Å². The van der Waals surface area contributed by atoms with Crippen LogP contribution in [0.4, 0.5) is 0 Å². The van der Waals surface area contributed by atoms with E-state index in [1.807, 2.05) is 0 Å². The number of aryl methyl sites for hydroxylation is 2. The molecule has 1 saturated carbocycles. The van der Waals surface area contributed by atoms with Crippen LogP contribution in [0.2, 0.25) is 0 Å². The summed E-state index contributed by atoms with van der Waals surface area (Å²) in [6.45, 7) is 10.2. The smallest absolute Gasteiger partial charge is 0.0451 e. The van der Waals surface area contributed by atoms with Crippen molar-refractivity contribution in [3.63, 3.8) is 0 Å². The summed E-state index contributed by atoms with van der Waals surface area (Å²) in [7, 11) is 0. The predicted molar refractivity (Wildman–Crippen MR) is 85.0 cm³/mol. The highest BCUT2D eigenvalue weighted by molar-refractivity contribution is 5.33. The van der Waals surface area contributed by atoms with E-state index < -0.39 is 0 Å². The van der Waals surface area contributed by atoms with Gasteiger partial charge in [0.1, 0.15) is 0 Å². The number of nitrogens with one attached hydrogen (secondary N) is 1. The van der Waals surface area contributed by atoms with Gasteiger partial charge in [0.15, 0.2) is 0 Å². The molecule has 1 aliphatic carbocycles. The maximum atomic E-state index is 3.70. The van der Waals surface area contributed by atoms with E-state index in [-0.39, 0.29) is 0 Å². The lowest BCUT2D eigenvalue weighted by Crippen LogP contribution is -2.39. The largest absolute Gasteiger partial charge is 0.309 e. The molecule has 0 radical (unpaired) electrons. The molecular formula is C18H28N2. The van der Waals surface area contributed by atoms with Gasteiger partial charge >= 0.3 is 0 Å². The molecule has 0 amide bonds. The molecule has 3 rings (SSSR count). The van der Waals surface area contributed by atoms with Crippen LogP contribution in [0.15, 0.2) is 18.2 Å². The second-order valence-corrected chi connectivity index (χ2v) is 6.76. The third-order valence-corrected chi connectivity index (χ3v) is 5.19. The molecule has 110 valence electrons. The van der Waals surface area contributed by atoms with Crippen LogP contribution in [0.25, 0.3) is 0 Å². The van der Waals surface area contributed by atoms with Crippen molar-refractivity contribution in [2.24, 2.45) is 5.92 Å². The Morgan fingerprint density at radius 3 is 2.75 bits per heavy atom. The lowest BCUT2D eigenvalue weighted by molar-refractivity contribution is 0.192. The molecule has 0 spiro atoms. The molecule has 1 aromatic rings. The maximum Gasteiger partial charge on any atom is 0.0451 e. The van der Waals surface area contributed by atoms with Gasteiger partial charge in [-0.25, -0.2) is 0 Å². The number of likely N-dealkylation sites (tertiary alicyclic amines) is 1. The van der Waals surface area contributed by atoms with Crippen LogP contribution in [0.3, 0.4) is 0 Å². The highest BCUT2D eigenvalue weighted by Gasteiger charge is 2.38. The minimum absolute atomic E-state index is 0.486. The lowest BCUT2D eigenvalue weighted by Gasteiger charge is -2.32. The van der Waals surface area contributed by atoms with Crippen LogP contribution in [0.1, 0.15) is 48.9 Å². The molecule has 1 aliphatic heterocycles. The summed E-state index contributed by atoms with van der Waals surface area (Å²) in [5.41, 5.74) is 4.28. The Hall–Kier alpha value is -0.860. The van der Waals surface area contributed by atoms with Crippen LogP contribution < -0.4 is 5.32 Å². The summed E-state index contributed by atoms with van der Waals surface area (Å²) in [5.74, 6) is 0.987. The monoisotopic (exact) mass is 272 g/mol. The molecule has 2 nitrogen and oxygen atoms in total.